The van der Waals surface area contributed by atoms with Gasteiger partial charge in [0.15, 0.2) is 0 Å². The van der Waals surface area contributed by atoms with Crippen molar-refractivity contribution in [3.8, 4) is 0 Å². The third kappa shape index (κ3) is 2.41. The first-order valence-electron chi connectivity index (χ1n) is 6.75. The normalized spacial score (nSPS) is 14.9. The van der Waals surface area contributed by atoms with E-state index in [1.807, 2.05) is 18.8 Å². The van der Waals surface area contributed by atoms with Crippen molar-refractivity contribution in [1.82, 2.24) is 15.1 Å². The number of hydrogen-bond donors (Lipinski definition) is 1. The van der Waals surface area contributed by atoms with Gasteiger partial charge in [0, 0.05) is 18.5 Å². The van der Waals surface area contributed by atoms with E-state index in [9.17, 15) is 0 Å². The van der Waals surface area contributed by atoms with Gasteiger partial charge in [-0.3, -0.25) is 4.68 Å². The van der Waals surface area contributed by atoms with E-state index in [2.05, 4.69) is 48.5 Å². The average Bonchev–Trinajstić information content (AvgIpc) is 2.69. The minimum Gasteiger partial charge on any atom is -0.317 e. The van der Waals surface area contributed by atoms with Crippen molar-refractivity contribution in [1.29, 1.82) is 0 Å². The largest absolute Gasteiger partial charge is 0.317 e. The maximum Gasteiger partial charge on any atom is 0.0706 e. The number of benzene rings is 1. The first-order chi connectivity index (χ1) is 8.67. The molecule has 0 spiro atoms. The van der Waals surface area contributed by atoms with E-state index in [0.717, 1.165) is 12.8 Å². The molecule has 0 aliphatic rings. The number of fused-ring (bicyclic) bond motifs is 1. The van der Waals surface area contributed by atoms with E-state index in [4.69, 9.17) is 0 Å². The molecule has 2 atom stereocenters. The minimum atomic E-state index is 0.561. The van der Waals surface area contributed by atoms with E-state index in [0.29, 0.717) is 12.0 Å². The van der Waals surface area contributed by atoms with Crippen LogP contribution in [0.1, 0.15) is 26.0 Å². The molecule has 1 N–H and O–H groups in total. The molecule has 3 heteroatoms. The third-order valence-corrected chi connectivity index (χ3v) is 3.85. The monoisotopic (exact) mass is 245 g/mol. The van der Waals surface area contributed by atoms with Gasteiger partial charge in [0.25, 0.3) is 0 Å². The summed E-state index contributed by atoms with van der Waals surface area (Å²) in [5, 5.41) is 9.35. The Balaban J connectivity index is 2.27. The van der Waals surface area contributed by atoms with Crippen LogP contribution in [0.15, 0.2) is 24.3 Å². The van der Waals surface area contributed by atoms with E-state index >= 15 is 0 Å². The van der Waals surface area contributed by atoms with Gasteiger partial charge in [0.2, 0.25) is 0 Å². The molecule has 18 heavy (non-hydrogen) atoms. The van der Waals surface area contributed by atoms with Gasteiger partial charge in [0.1, 0.15) is 0 Å². The van der Waals surface area contributed by atoms with Crippen LogP contribution in [0, 0.1) is 5.92 Å². The van der Waals surface area contributed by atoms with Crippen LogP contribution in [-0.4, -0.2) is 22.9 Å². The molecule has 2 rings (SSSR count). The number of nitrogens with one attached hydrogen (secondary N) is 1. The van der Waals surface area contributed by atoms with Crippen molar-refractivity contribution in [2.75, 3.05) is 7.05 Å². The number of hydrogen-bond acceptors (Lipinski definition) is 2. The lowest BCUT2D eigenvalue weighted by Crippen LogP contribution is -2.32. The zero-order chi connectivity index (χ0) is 13.1. The molecule has 0 saturated heterocycles. The predicted octanol–water partition coefficient (Wildman–Crippen LogP) is 2.75. The molecule has 2 aromatic rings. The summed E-state index contributed by atoms with van der Waals surface area (Å²) < 4.78 is 1.98. The molecule has 1 aromatic heterocycles. The van der Waals surface area contributed by atoms with Gasteiger partial charge in [-0.1, -0.05) is 32.0 Å². The van der Waals surface area contributed by atoms with Crippen molar-refractivity contribution in [2.45, 2.75) is 32.7 Å². The molecule has 0 radical (unpaired) electrons. The zero-order valence-electron chi connectivity index (χ0n) is 11.8. The number of aromatic nitrogens is 2. The fraction of sp³-hybridized carbons (Fsp3) is 0.533. The van der Waals surface area contributed by atoms with Crippen LogP contribution in [0.3, 0.4) is 0 Å². The highest BCUT2D eigenvalue weighted by Crippen LogP contribution is 2.21. The summed E-state index contributed by atoms with van der Waals surface area (Å²) in [6.45, 7) is 4.53. The lowest BCUT2D eigenvalue weighted by atomic mass is 9.94. The fourth-order valence-electron chi connectivity index (χ4n) is 2.78. The first-order valence-corrected chi connectivity index (χ1v) is 6.75. The topological polar surface area (TPSA) is 29.9 Å². The Morgan fingerprint density at radius 1 is 1.33 bits per heavy atom. The predicted molar refractivity (Wildman–Crippen MR) is 76.7 cm³/mol. The molecular formula is C15H23N3. The Labute approximate surface area is 109 Å². The van der Waals surface area contributed by atoms with E-state index in [-0.39, 0.29) is 0 Å². The zero-order valence-corrected chi connectivity index (χ0v) is 11.8. The molecule has 1 aromatic carbocycles. The van der Waals surface area contributed by atoms with Gasteiger partial charge in [-0.25, -0.2) is 0 Å². The summed E-state index contributed by atoms with van der Waals surface area (Å²) in [6.07, 6.45) is 2.18. The summed E-state index contributed by atoms with van der Waals surface area (Å²) in [7, 11) is 4.06. The molecule has 0 aliphatic carbocycles. The van der Waals surface area contributed by atoms with Crippen LogP contribution in [-0.2, 0) is 13.5 Å². The lowest BCUT2D eigenvalue weighted by Gasteiger charge is -2.21. The Kier molecular flexibility index (Phi) is 4.02. The molecule has 98 valence electrons. The Hall–Kier alpha value is -1.35. The van der Waals surface area contributed by atoms with Crippen molar-refractivity contribution in [2.24, 2.45) is 13.0 Å². The summed E-state index contributed by atoms with van der Waals surface area (Å²) in [4.78, 5) is 0. The van der Waals surface area contributed by atoms with Crippen LogP contribution in [0.4, 0.5) is 0 Å². The van der Waals surface area contributed by atoms with Crippen LogP contribution in [0.25, 0.3) is 10.9 Å². The Bertz CT molecular complexity index is 511. The van der Waals surface area contributed by atoms with E-state index < -0.39 is 0 Å². The summed E-state index contributed by atoms with van der Waals surface area (Å²) >= 11 is 0. The van der Waals surface area contributed by atoms with Crippen molar-refractivity contribution in [3.05, 3.63) is 30.0 Å². The Morgan fingerprint density at radius 3 is 2.72 bits per heavy atom. The number of aryl methyl sites for hydroxylation is 1. The van der Waals surface area contributed by atoms with Gasteiger partial charge in [0.05, 0.1) is 11.2 Å². The van der Waals surface area contributed by atoms with Crippen LogP contribution >= 0.6 is 0 Å². The fourth-order valence-corrected chi connectivity index (χ4v) is 2.78. The average molecular weight is 245 g/mol. The molecule has 0 fully saturated rings. The minimum absolute atomic E-state index is 0.561. The number of para-hydroxylation sites is 1. The van der Waals surface area contributed by atoms with Gasteiger partial charge in [-0.05, 0) is 31.9 Å². The van der Waals surface area contributed by atoms with Gasteiger partial charge in [-0.2, -0.15) is 5.10 Å². The number of rotatable bonds is 5. The second-order valence-corrected chi connectivity index (χ2v) is 5.07. The van der Waals surface area contributed by atoms with E-state index in [1.54, 1.807) is 0 Å². The Morgan fingerprint density at radius 2 is 2.06 bits per heavy atom. The van der Waals surface area contributed by atoms with Crippen LogP contribution in [0.5, 0.6) is 0 Å². The maximum absolute atomic E-state index is 4.67. The highest BCUT2D eigenvalue weighted by atomic mass is 15.3. The maximum atomic E-state index is 4.67. The van der Waals surface area contributed by atoms with Crippen molar-refractivity contribution >= 4 is 10.9 Å². The molecule has 3 nitrogen and oxygen atoms in total. The molecular weight excluding hydrogens is 222 g/mol. The SMILES string of the molecule is CCC(NC)C(C)Cc1nn(C)c2ccccc12. The second kappa shape index (κ2) is 5.53. The molecule has 0 bridgehead atoms. The smallest absolute Gasteiger partial charge is 0.0706 e. The van der Waals surface area contributed by atoms with Crippen LogP contribution < -0.4 is 5.32 Å². The quantitative estimate of drug-likeness (QED) is 0.878. The molecule has 2 unspecified atom stereocenters. The van der Waals surface area contributed by atoms with Crippen molar-refractivity contribution in [3.63, 3.8) is 0 Å². The van der Waals surface area contributed by atoms with Gasteiger partial charge >= 0.3 is 0 Å². The molecule has 1 heterocycles. The highest BCUT2D eigenvalue weighted by molar-refractivity contribution is 5.81. The van der Waals surface area contributed by atoms with Crippen LogP contribution in [0.2, 0.25) is 0 Å². The first kappa shape index (κ1) is 13.1. The number of nitrogens with zero attached hydrogens (tertiary/aromatic N) is 2. The summed E-state index contributed by atoms with van der Waals surface area (Å²) in [6, 6.07) is 9.02. The second-order valence-electron chi connectivity index (χ2n) is 5.07. The van der Waals surface area contributed by atoms with Crippen molar-refractivity contribution < 1.29 is 0 Å². The molecule has 0 saturated carbocycles. The molecule has 0 amide bonds. The lowest BCUT2D eigenvalue weighted by molar-refractivity contribution is 0.384. The summed E-state index contributed by atoms with van der Waals surface area (Å²) in [5.41, 5.74) is 2.44. The van der Waals surface area contributed by atoms with Gasteiger partial charge < -0.3 is 5.32 Å². The van der Waals surface area contributed by atoms with E-state index in [1.165, 1.54) is 16.6 Å². The van der Waals surface area contributed by atoms with Gasteiger partial charge in [-0.15, -0.1) is 0 Å². The third-order valence-electron chi connectivity index (χ3n) is 3.85. The standard InChI is InChI=1S/C15H23N3/c1-5-13(16-3)11(2)10-14-12-8-6-7-9-15(12)18(4)17-14/h6-9,11,13,16H,5,10H2,1-4H3. The highest BCUT2D eigenvalue weighted by Gasteiger charge is 2.17. The summed E-state index contributed by atoms with van der Waals surface area (Å²) in [5.74, 6) is 0.596. The molecule has 0 aliphatic heterocycles.